The highest BCUT2D eigenvalue weighted by atomic mass is 32.2. The minimum atomic E-state index is -4.81. The number of hydrogen-bond acceptors (Lipinski definition) is 4. The van der Waals surface area contributed by atoms with E-state index in [2.05, 4.69) is 5.32 Å². The predicted octanol–water partition coefficient (Wildman–Crippen LogP) is 4.54. The van der Waals surface area contributed by atoms with Crippen LogP contribution >= 0.6 is 0 Å². The van der Waals surface area contributed by atoms with Crippen molar-refractivity contribution in [3.05, 3.63) is 54.1 Å². The summed E-state index contributed by atoms with van der Waals surface area (Å²) < 4.78 is 78.9. The monoisotopic (exact) mass is 473 g/mol. The van der Waals surface area contributed by atoms with E-state index in [0.29, 0.717) is 11.1 Å². The highest BCUT2D eigenvalue weighted by Gasteiger charge is 2.68. The average Bonchev–Trinajstić information content (AvgIpc) is 3.42. The Morgan fingerprint density at radius 1 is 1.03 bits per heavy atom. The number of carbonyl (C=O) groups is 1. The Morgan fingerprint density at radius 3 is 1.84 bits per heavy atom. The van der Waals surface area contributed by atoms with Crippen LogP contribution in [0.2, 0.25) is 0 Å². The van der Waals surface area contributed by atoms with Crippen LogP contribution in [-0.4, -0.2) is 43.1 Å². The highest BCUT2D eigenvalue weighted by molar-refractivity contribution is 7.90. The van der Waals surface area contributed by atoms with Crippen LogP contribution in [0, 0.1) is 5.92 Å². The van der Waals surface area contributed by atoms with Crippen LogP contribution in [0.1, 0.15) is 31.9 Å². The number of carboxylic acid groups (broad SMARTS) is 1. The molecule has 2 N–H and O–H groups in total. The van der Waals surface area contributed by atoms with Gasteiger partial charge in [-0.25, -0.2) is 12.8 Å². The Morgan fingerprint density at radius 2 is 1.50 bits per heavy atom. The van der Waals surface area contributed by atoms with Gasteiger partial charge in [0.2, 0.25) is 0 Å². The molecule has 0 aromatic heterocycles. The van der Waals surface area contributed by atoms with Gasteiger partial charge in [-0.3, -0.25) is 10.1 Å². The molecule has 0 spiro atoms. The third-order valence-corrected chi connectivity index (χ3v) is 6.89. The van der Waals surface area contributed by atoms with Gasteiger partial charge in [-0.1, -0.05) is 36.4 Å². The molecule has 1 saturated carbocycles. The first-order chi connectivity index (χ1) is 14.6. The number of rotatable bonds is 7. The number of nitrogens with one attached hydrogen (secondary N) is 1. The zero-order chi connectivity index (χ0) is 24.1. The lowest BCUT2D eigenvalue weighted by molar-refractivity contribution is -0.165. The molecular formula is C22H23F4NO4S. The zero-order valence-electron chi connectivity index (χ0n) is 17.6. The minimum Gasteiger partial charge on any atom is -0.480 e. The average molecular weight is 473 g/mol. The third kappa shape index (κ3) is 4.80. The van der Waals surface area contributed by atoms with E-state index in [-0.39, 0.29) is 16.9 Å². The first-order valence-corrected chi connectivity index (χ1v) is 11.6. The second kappa shape index (κ2) is 7.84. The van der Waals surface area contributed by atoms with Crippen molar-refractivity contribution in [1.29, 1.82) is 0 Å². The van der Waals surface area contributed by atoms with Crippen LogP contribution in [0.15, 0.2) is 53.4 Å². The van der Waals surface area contributed by atoms with E-state index in [0.717, 1.165) is 20.1 Å². The number of aliphatic carboxylic acids is 1. The van der Waals surface area contributed by atoms with Gasteiger partial charge in [0.05, 0.1) is 4.90 Å². The summed E-state index contributed by atoms with van der Waals surface area (Å²) in [5, 5.41) is 11.7. The van der Waals surface area contributed by atoms with E-state index >= 15 is 0 Å². The number of benzene rings is 2. The Labute approximate surface area is 183 Å². The summed E-state index contributed by atoms with van der Waals surface area (Å²) in [6, 6.07) is 8.90. The number of alkyl halides is 4. The molecule has 0 amide bonds. The minimum absolute atomic E-state index is 0.118. The van der Waals surface area contributed by atoms with Gasteiger partial charge in [0.1, 0.15) is 17.2 Å². The zero-order valence-corrected chi connectivity index (χ0v) is 18.4. The van der Waals surface area contributed by atoms with E-state index in [1.165, 1.54) is 36.4 Å². The number of halogens is 4. The molecule has 0 radical (unpaired) electrons. The molecule has 10 heteroatoms. The number of sulfone groups is 1. The van der Waals surface area contributed by atoms with E-state index in [1.807, 2.05) is 0 Å². The summed E-state index contributed by atoms with van der Waals surface area (Å²) >= 11 is 0. The summed E-state index contributed by atoms with van der Waals surface area (Å²) in [7, 11) is -3.38. The Balaban J connectivity index is 1.89. The van der Waals surface area contributed by atoms with Crippen molar-refractivity contribution in [2.45, 2.75) is 48.6 Å². The summed E-state index contributed by atoms with van der Waals surface area (Å²) in [4.78, 5) is 11.9. The number of carboxylic acids is 1. The van der Waals surface area contributed by atoms with E-state index in [4.69, 9.17) is 0 Å². The smallest absolute Gasteiger partial charge is 0.407 e. The lowest BCUT2D eigenvalue weighted by atomic mass is 9.97. The van der Waals surface area contributed by atoms with Gasteiger partial charge in [0.25, 0.3) is 0 Å². The van der Waals surface area contributed by atoms with Crippen molar-refractivity contribution in [2.75, 3.05) is 6.26 Å². The normalized spacial score (nSPS) is 22.4. The first-order valence-electron chi connectivity index (χ1n) is 9.73. The largest absolute Gasteiger partial charge is 0.480 e. The van der Waals surface area contributed by atoms with Crippen LogP contribution in [0.5, 0.6) is 0 Å². The van der Waals surface area contributed by atoms with Crippen molar-refractivity contribution in [2.24, 2.45) is 5.92 Å². The fourth-order valence-electron chi connectivity index (χ4n) is 3.92. The van der Waals surface area contributed by atoms with Crippen LogP contribution in [0.4, 0.5) is 17.6 Å². The highest BCUT2D eigenvalue weighted by Crippen LogP contribution is 2.54. The molecule has 3 rings (SSSR count). The Bertz CT molecular complexity index is 1110. The van der Waals surface area contributed by atoms with Crippen molar-refractivity contribution in [3.63, 3.8) is 0 Å². The van der Waals surface area contributed by atoms with Crippen LogP contribution in [-0.2, 0) is 14.6 Å². The van der Waals surface area contributed by atoms with Crippen molar-refractivity contribution >= 4 is 15.8 Å². The number of hydrogen-bond donors (Lipinski definition) is 2. The SMILES string of the molecule is CC(C)(F)C1CC1(N[C@@H](c1ccc(-c2ccc(S(C)(=O)=O)cc2)cc1)C(F)(F)F)C(=O)O. The second-order valence-corrected chi connectivity index (χ2v) is 10.7. The maximum absolute atomic E-state index is 14.3. The molecule has 0 heterocycles. The Hall–Kier alpha value is -2.46. The lowest BCUT2D eigenvalue weighted by Gasteiger charge is -2.28. The molecule has 5 nitrogen and oxygen atoms in total. The fourth-order valence-corrected chi connectivity index (χ4v) is 4.55. The molecule has 0 aliphatic heterocycles. The van der Waals surface area contributed by atoms with Crippen LogP contribution < -0.4 is 5.32 Å². The van der Waals surface area contributed by atoms with Gasteiger partial charge >= 0.3 is 12.1 Å². The predicted molar refractivity (Wildman–Crippen MR) is 111 cm³/mol. The van der Waals surface area contributed by atoms with Crippen LogP contribution in [0.25, 0.3) is 11.1 Å². The molecule has 2 aromatic carbocycles. The van der Waals surface area contributed by atoms with E-state index < -0.39 is 45.2 Å². The standard InChI is InChI=1S/C22H23F4NO4S/c1-20(2,23)17-12-21(17,19(28)29)27-18(22(24,25)26)15-6-4-13(5-7-15)14-8-10-16(11-9-14)32(3,30)31/h4-11,17-18,27H,12H2,1-3H3,(H,28,29)/t17?,18-,21?/m0/s1. The topological polar surface area (TPSA) is 83.5 Å². The fraction of sp³-hybridized carbons (Fsp3) is 0.409. The molecule has 0 bridgehead atoms. The summed E-state index contributed by atoms with van der Waals surface area (Å²) in [6.45, 7) is 2.30. The molecule has 1 fully saturated rings. The molecule has 1 aliphatic carbocycles. The summed E-state index contributed by atoms with van der Waals surface area (Å²) in [6.07, 6.45) is -3.99. The molecular weight excluding hydrogens is 450 g/mol. The first kappa shape index (κ1) is 24.2. The molecule has 3 atom stereocenters. The van der Waals surface area contributed by atoms with Gasteiger partial charge < -0.3 is 5.11 Å². The summed E-state index contributed by atoms with van der Waals surface area (Å²) in [5.74, 6) is -2.62. The maximum Gasteiger partial charge on any atom is 0.407 e. The maximum atomic E-state index is 14.3. The van der Waals surface area contributed by atoms with E-state index in [1.54, 1.807) is 12.1 Å². The van der Waals surface area contributed by atoms with Gasteiger partial charge in [0.15, 0.2) is 9.84 Å². The van der Waals surface area contributed by atoms with Gasteiger partial charge in [-0.05, 0) is 49.1 Å². The van der Waals surface area contributed by atoms with Crippen LogP contribution in [0.3, 0.4) is 0 Å². The molecule has 2 aromatic rings. The van der Waals surface area contributed by atoms with E-state index in [9.17, 15) is 35.9 Å². The quantitative estimate of drug-likeness (QED) is 0.577. The van der Waals surface area contributed by atoms with Gasteiger partial charge in [0, 0.05) is 12.2 Å². The molecule has 1 aliphatic rings. The van der Waals surface area contributed by atoms with Gasteiger partial charge in [-0.2, -0.15) is 13.2 Å². The Kier molecular flexibility index (Phi) is 5.93. The lowest BCUT2D eigenvalue weighted by Crippen LogP contribution is -2.49. The third-order valence-electron chi connectivity index (χ3n) is 5.76. The van der Waals surface area contributed by atoms with Crippen molar-refractivity contribution in [3.8, 4) is 11.1 Å². The molecule has 0 saturated heterocycles. The molecule has 2 unspecified atom stereocenters. The molecule has 32 heavy (non-hydrogen) atoms. The van der Waals surface area contributed by atoms with Crippen molar-refractivity contribution < 1.29 is 35.9 Å². The van der Waals surface area contributed by atoms with Crippen molar-refractivity contribution in [1.82, 2.24) is 5.32 Å². The van der Waals surface area contributed by atoms with Gasteiger partial charge in [-0.15, -0.1) is 0 Å². The molecule has 174 valence electrons. The second-order valence-electron chi connectivity index (χ2n) is 8.64. The summed E-state index contributed by atoms with van der Waals surface area (Å²) in [5.41, 5.74) is -3.01.